The highest BCUT2D eigenvalue weighted by molar-refractivity contribution is 5.82. The van der Waals surface area contributed by atoms with E-state index in [9.17, 15) is 25.2 Å². The van der Waals surface area contributed by atoms with Crippen molar-refractivity contribution in [2.45, 2.75) is 135 Å². The molecule has 0 spiro atoms. The summed E-state index contributed by atoms with van der Waals surface area (Å²) in [5, 5.41) is 42.3. The summed E-state index contributed by atoms with van der Waals surface area (Å²) < 4.78 is 41.4. The van der Waals surface area contributed by atoms with E-state index in [0.717, 1.165) is 5.57 Å². The lowest BCUT2D eigenvalue weighted by atomic mass is 9.86. The minimum absolute atomic E-state index is 0.141. The Hall–Kier alpha value is -4.02. The second-order valence-electron chi connectivity index (χ2n) is 16.2. The number of cyclic esters (lactones) is 1. The molecule has 0 radical (unpaired) electrons. The van der Waals surface area contributed by atoms with Gasteiger partial charge in [-0.3, -0.25) is 0 Å². The Morgan fingerprint density at radius 3 is 2.08 bits per heavy atom. The lowest BCUT2D eigenvalue weighted by Crippen LogP contribution is -2.59. The molecule has 2 bridgehead atoms. The standard InChI is InChI=1S/C49H71NO12/c1-31-21-15-11-14-18-26-43(54)62-45(35(5)40(53)28-34(4)51)32(2)22-16-12-13-17-24-39(52)29-42(56-8)36(6)48-50-38(30-59-48)23-19-20-25-41(33(3)27-31)61-49-47(58-10)46(57-9)44(55)37(7)60-49/h11-27,30,32-37,39-42,44-47,49,51-53,55H,28-29H2,1-10H3/t32-,33+,34-,35+,36+,37+,39+,40+,41+,42-,44+,45-,46-,47+,49-/m0/s1. The molecule has 3 rings (SSSR count). The fraction of sp³-hybridized carbons (Fsp3) is 0.551. The SMILES string of the molecule is CO[C@H]1[C@H](O[C@@H]2C=CC=Cc3coc(n3)[C@H](C)[C@@H](OC)C[C@H](O)C=CC=CC=C[C@H](C)[C@@H]([C@H](C)[C@H](O)C[C@H](C)O)OC(=O)C=CC=CC=CC(C)=C[C@H]2C)O[C@H](C)[C@@H](O)[C@@H]1OC. The summed E-state index contributed by atoms with van der Waals surface area (Å²) in [4.78, 5) is 17.7. The number of fused-ring (bicyclic) bond motifs is 2. The Kier molecular flexibility index (Phi) is 23.0. The van der Waals surface area contributed by atoms with Crippen molar-refractivity contribution in [1.29, 1.82) is 0 Å². The van der Waals surface area contributed by atoms with Gasteiger partial charge in [0.2, 0.25) is 0 Å². The molecule has 2 aliphatic rings. The summed E-state index contributed by atoms with van der Waals surface area (Å²) in [6.45, 7) is 13.0. The van der Waals surface area contributed by atoms with Crippen LogP contribution in [0.4, 0.5) is 0 Å². The molecular formula is C49H71NO12. The smallest absolute Gasteiger partial charge is 0.331 e. The van der Waals surface area contributed by atoms with Crippen LogP contribution in [0.2, 0.25) is 0 Å². The van der Waals surface area contributed by atoms with E-state index in [0.29, 0.717) is 18.0 Å². The number of aromatic nitrogens is 1. The van der Waals surface area contributed by atoms with Gasteiger partial charge in [0.15, 0.2) is 12.2 Å². The number of rotatable bonds is 9. The van der Waals surface area contributed by atoms with Crippen LogP contribution in [0.25, 0.3) is 6.08 Å². The average Bonchev–Trinajstić information content (AvgIpc) is 3.71. The first-order valence-corrected chi connectivity index (χ1v) is 21.4. The number of oxazole rings is 1. The molecule has 15 atom stereocenters. The Labute approximate surface area is 368 Å². The van der Waals surface area contributed by atoms with E-state index in [4.69, 9.17) is 32.8 Å². The van der Waals surface area contributed by atoms with Gasteiger partial charge in [0, 0.05) is 51.6 Å². The van der Waals surface area contributed by atoms with Crippen molar-refractivity contribution in [1.82, 2.24) is 4.98 Å². The van der Waals surface area contributed by atoms with Gasteiger partial charge in [-0.25, -0.2) is 9.78 Å². The maximum absolute atomic E-state index is 13.0. The van der Waals surface area contributed by atoms with Crippen molar-refractivity contribution in [3.8, 4) is 0 Å². The molecular weight excluding hydrogens is 795 g/mol. The van der Waals surface area contributed by atoms with Crippen molar-refractivity contribution >= 4 is 12.0 Å². The maximum atomic E-state index is 13.0. The van der Waals surface area contributed by atoms with Crippen LogP contribution in [0.3, 0.4) is 0 Å². The van der Waals surface area contributed by atoms with Crippen LogP contribution in [0, 0.1) is 17.8 Å². The summed E-state index contributed by atoms with van der Waals surface area (Å²) in [6, 6.07) is 0. The summed E-state index contributed by atoms with van der Waals surface area (Å²) in [5.74, 6) is -1.26. The van der Waals surface area contributed by atoms with E-state index in [-0.39, 0.29) is 30.3 Å². The predicted octanol–water partition coefficient (Wildman–Crippen LogP) is 6.88. The number of ether oxygens (including phenoxy) is 6. The van der Waals surface area contributed by atoms with Gasteiger partial charge in [-0.05, 0) is 33.3 Å². The fourth-order valence-corrected chi connectivity index (χ4v) is 7.36. The van der Waals surface area contributed by atoms with Crippen molar-refractivity contribution in [3.63, 3.8) is 0 Å². The number of hydrogen-bond donors (Lipinski definition) is 4. The zero-order valence-corrected chi connectivity index (χ0v) is 38.0. The molecule has 4 N–H and O–H groups in total. The summed E-state index contributed by atoms with van der Waals surface area (Å²) in [6.07, 6.45) is 24.8. The third-order valence-electron chi connectivity index (χ3n) is 11.1. The molecule has 13 heteroatoms. The van der Waals surface area contributed by atoms with E-state index < -0.39 is 73.1 Å². The highest BCUT2D eigenvalue weighted by atomic mass is 16.7. The number of methoxy groups -OCH3 is 3. The predicted molar refractivity (Wildman–Crippen MR) is 240 cm³/mol. The van der Waals surface area contributed by atoms with Crippen LogP contribution in [-0.4, -0.2) is 120 Å². The minimum Gasteiger partial charge on any atom is -0.458 e. The molecule has 0 unspecified atom stereocenters. The van der Waals surface area contributed by atoms with E-state index in [2.05, 4.69) is 11.1 Å². The molecule has 2 aliphatic heterocycles. The second-order valence-corrected chi connectivity index (χ2v) is 16.2. The number of nitrogens with zero attached hydrogens (tertiary/aromatic N) is 1. The third kappa shape index (κ3) is 16.9. The highest BCUT2D eigenvalue weighted by Crippen LogP contribution is 2.30. The first-order chi connectivity index (χ1) is 29.6. The lowest BCUT2D eigenvalue weighted by Gasteiger charge is -2.43. The Balaban J connectivity index is 1.96. The zero-order chi connectivity index (χ0) is 45.8. The largest absolute Gasteiger partial charge is 0.458 e. The summed E-state index contributed by atoms with van der Waals surface area (Å²) in [5.41, 5.74) is 1.56. The Morgan fingerprint density at radius 2 is 1.42 bits per heavy atom. The molecule has 0 amide bonds. The zero-order valence-electron chi connectivity index (χ0n) is 38.0. The highest BCUT2D eigenvalue weighted by Gasteiger charge is 2.46. The first-order valence-electron chi connectivity index (χ1n) is 21.4. The molecule has 0 saturated carbocycles. The molecule has 344 valence electrons. The molecule has 1 aromatic rings. The molecule has 62 heavy (non-hydrogen) atoms. The molecule has 1 aromatic heterocycles. The van der Waals surface area contributed by atoms with Gasteiger partial charge in [-0.15, -0.1) is 0 Å². The van der Waals surface area contributed by atoms with E-state index in [1.165, 1.54) is 20.3 Å². The average molecular weight is 866 g/mol. The van der Waals surface area contributed by atoms with Crippen molar-refractivity contribution in [3.05, 3.63) is 121 Å². The maximum Gasteiger partial charge on any atom is 0.331 e. The number of carbonyl (C=O) groups excluding carboxylic acids is 1. The van der Waals surface area contributed by atoms with Crippen LogP contribution < -0.4 is 0 Å². The molecule has 1 fully saturated rings. The molecule has 1 saturated heterocycles. The molecule has 3 heterocycles. The number of aliphatic hydroxyl groups is 4. The van der Waals surface area contributed by atoms with Crippen LogP contribution >= 0.6 is 0 Å². The third-order valence-corrected chi connectivity index (χ3v) is 11.1. The Morgan fingerprint density at radius 1 is 0.790 bits per heavy atom. The monoisotopic (exact) mass is 865 g/mol. The van der Waals surface area contributed by atoms with Gasteiger partial charge in [0.05, 0.1) is 42.5 Å². The van der Waals surface area contributed by atoms with Crippen molar-refractivity contribution < 1.29 is 58.1 Å². The second kappa shape index (κ2) is 27.2. The van der Waals surface area contributed by atoms with Crippen LogP contribution in [0.1, 0.15) is 78.8 Å². The lowest BCUT2D eigenvalue weighted by molar-refractivity contribution is -0.310. The number of carbonyl (C=O) groups is 1. The van der Waals surface area contributed by atoms with Crippen LogP contribution in [0.15, 0.2) is 113 Å². The summed E-state index contributed by atoms with van der Waals surface area (Å²) >= 11 is 0. The Bertz CT molecular complexity index is 1750. The topological polar surface area (TPSA) is 179 Å². The first kappa shape index (κ1) is 52.3. The fourth-order valence-electron chi connectivity index (χ4n) is 7.36. The molecule has 0 aliphatic carbocycles. The number of hydrogen-bond acceptors (Lipinski definition) is 13. The van der Waals surface area contributed by atoms with Gasteiger partial charge in [0.1, 0.15) is 36.4 Å². The van der Waals surface area contributed by atoms with Crippen LogP contribution in [-0.2, 0) is 33.2 Å². The van der Waals surface area contributed by atoms with Gasteiger partial charge in [0.25, 0.3) is 0 Å². The van der Waals surface area contributed by atoms with Gasteiger partial charge in [-0.1, -0.05) is 124 Å². The van der Waals surface area contributed by atoms with Crippen LogP contribution in [0.5, 0.6) is 0 Å². The minimum atomic E-state index is -0.903. The van der Waals surface area contributed by atoms with Gasteiger partial charge < -0.3 is 53.3 Å². The van der Waals surface area contributed by atoms with E-state index in [1.807, 2.05) is 76.3 Å². The van der Waals surface area contributed by atoms with Gasteiger partial charge in [-0.2, -0.15) is 0 Å². The van der Waals surface area contributed by atoms with Crippen molar-refractivity contribution in [2.75, 3.05) is 21.3 Å². The number of allylic oxidation sites excluding steroid dienone is 12. The number of esters is 1. The number of aliphatic hydroxyl groups excluding tert-OH is 4. The normalized spacial score (nSPS) is 32.7. The van der Waals surface area contributed by atoms with Crippen molar-refractivity contribution in [2.24, 2.45) is 17.8 Å². The summed E-state index contributed by atoms with van der Waals surface area (Å²) in [7, 11) is 4.63. The van der Waals surface area contributed by atoms with Gasteiger partial charge >= 0.3 is 5.97 Å². The van der Waals surface area contributed by atoms with E-state index >= 15 is 0 Å². The van der Waals surface area contributed by atoms with E-state index in [1.54, 1.807) is 76.7 Å². The molecule has 13 nitrogen and oxygen atoms in total. The molecule has 0 aromatic carbocycles. The quantitative estimate of drug-likeness (QED) is 0.189.